The van der Waals surface area contributed by atoms with Crippen LogP contribution in [0, 0.1) is 0 Å². The lowest BCUT2D eigenvalue weighted by molar-refractivity contribution is -0.274. The maximum absolute atomic E-state index is 13.7. The normalized spacial score (nSPS) is 15.6. The molecule has 1 aliphatic rings. The summed E-state index contributed by atoms with van der Waals surface area (Å²) in [5, 5.41) is 2.87. The standard InChI is InChI=1S/C20H12F6N2O/c21-19(22,23)12-10-13(29-20(24,25)26)16-17(15(12)11-6-2-1-3-7-11)18(16)28-14-8-4-5-9-27-14/h1-10,18H,(H,27,28). The molecule has 1 aliphatic carbocycles. The third-order valence-electron chi connectivity index (χ3n) is 4.41. The molecule has 0 fully saturated rings. The van der Waals surface area contributed by atoms with Crippen molar-refractivity contribution in [3.05, 3.63) is 77.5 Å². The summed E-state index contributed by atoms with van der Waals surface area (Å²) in [7, 11) is 0. The predicted octanol–water partition coefficient (Wildman–Crippen LogP) is 6.18. The number of nitrogens with zero attached hydrogens (tertiary/aromatic N) is 1. The minimum atomic E-state index is -5.12. The molecule has 3 aromatic rings. The molecule has 1 heterocycles. The average molecular weight is 410 g/mol. The van der Waals surface area contributed by atoms with Gasteiger partial charge in [0.25, 0.3) is 0 Å². The first-order valence-corrected chi connectivity index (χ1v) is 8.42. The number of hydrogen-bond acceptors (Lipinski definition) is 3. The maximum Gasteiger partial charge on any atom is 0.573 e. The summed E-state index contributed by atoms with van der Waals surface area (Å²) in [6.45, 7) is 0. The molecule has 0 bridgehead atoms. The van der Waals surface area contributed by atoms with Gasteiger partial charge in [0.15, 0.2) is 0 Å². The van der Waals surface area contributed by atoms with Crippen molar-refractivity contribution in [3.63, 3.8) is 0 Å². The van der Waals surface area contributed by atoms with Gasteiger partial charge in [-0.05, 0) is 29.3 Å². The molecular weight excluding hydrogens is 398 g/mol. The Bertz CT molecular complexity index is 1030. The van der Waals surface area contributed by atoms with Crippen LogP contribution in [0.1, 0.15) is 22.7 Å². The molecule has 150 valence electrons. The molecule has 4 rings (SSSR count). The van der Waals surface area contributed by atoms with E-state index in [1.807, 2.05) is 0 Å². The summed E-state index contributed by atoms with van der Waals surface area (Å²) >= 11 is 0. The molecule has 1 atom stereocenters. The van der Waals surface area contributed by atoms with Gasteiger partial charge in [0, 0.05) is 17.3 Å². The third kappa shape index (κ3) is 3.85. The Kier molecular flexibility index (Phi) is 4.40. The van der Waals surface area contributed by atoms with E-state index in [0.717, 1.165) is 0 Å². The Labute approximate surface area is 161 Å². The topological polar surface area (TPSA) is 34.1 Å². The van der Waals surface area contributed by atoms with Crippen LogP contribution in [0.15, 0.2) is 60.8 Å². The number of alkyl halides is 6. The molecule has 1 N–H and O–H groups in total. The van der Waals surface area contributed by atoms with E-state index in [9.17, 15) is 26.3 Å². The highest BCUT2D eigenvalue weighted by molar-refractivity contribution is 5.84. The van der Waals surface area contributed by atoms with E-state index in [-0.39, 0.29) is 22.3 Å². The summed E-state index contributed by atoms with van der Waals surface area (Å²) in [5.41, 5.74) is -0.973. The van der Waals surface area contributed by atoms with E-state index >= 15 is 0 Å². The molecule has 1 unspecified atom stereocenters. The quantitative estimate of drug-likeness (QED) is 0.522. The number of nitrogens with one attached hydrogen (secondary N) is 1. The Balaban J connectivity index is 1.88. The largest absolute Gasteiger partial charge is 0.573 e. The Hall–Kier alpha value is -3.23. The van der Waals surface area contributed by atoms with Crippen molar-refractivity contribution in [2.45, 2.75) is 18.6 Å². The first-order chi connectivity index (χ1) is 13.6. The summed E-state index contributed by atoms with van der Waals surface area (Å²) in [4.78, 5) is 4.02. The lowest BCUT2D eigenvalue weighted by Gasteiger charge is -2.15. The summed E-state index contributed by atoms with van der Waals surface area (Å²) < 4.78 is 83.6. The minimum Gasteiger partial charge on any atom is -0.405 e. The molecule has 29 heavy (non-hydrogen) atoms. The molecule has 3 nitrogen and oxygen atoms in total. The Morgan fingerprint density at radius 3 is 2.14 bits per heavy atom. The number of pyridine rings is 1. The number of hydrogen-bond donors (Lipinski definition) is 1. The SMILES string of the molecule is FC(F)(F)Oc1cc(C(F)(F)F)c(-c2ccccc2)c2c1C2Nc1ccccn1. The fourth-order valence-electron chi connectivity index (χ4n) is 3.29. The third-order valence-corrected chi connectivity index (χ3v) is 4.41. The van der Waals surface area contributed by atoms with Gasteiger partial charge in [-0.25, -0.2) is 4.98 Å². The van der Waals surface area contributed by atoms with Crippen molar-refractivity contribution in [1.29, 1.82) is 0 Å². The second kappa shape index (κ2) is 6.68. The van der Waals surface area contributed by atoms with E-state index in [1.54, 1.807) is 36.4 Å². The lowest BCUT2D eigenvalue weighted by Crippen LogP contribution is -2.18. The van der Waals surface area contributed by atoms with Crippen molar-refractivity contribution in [2.24, 2.45) is 0 Å². The smallest absolute Gasteiger partial charge is 0.405 e. The second-order valence-electron chi connectivity index (χ2n) is 6.33. The monoisotopic (exact) mass is 410 g/mol. The molecule has 0 saturated heterocycles. The van der Waals surface area contributed by atoms with E-state index in [4.69, 9.17) is 0 Å². The van der Waals surface area contributed by atoms with Crippen molar-refractivity contribution >= 4 is 5.82 Å². The minimum absolute atomic E-state index is 0.0276. The van der Waals surface area contributed by atoms with Gasteiger partial charge in [-0.1, -0.05) is 36.4 Å². The molecule has 0 radical (unpaired) electrons. The highest BCUT2D eigenvalue weighted by Gasteiger charge is 2.48. The number of fused-ring (bicyclic) bond motifs is 1. The summed E-state index contributed by atoms with van der Waals surface area (Å²) in [6.07, 6.45) is -8.53. The van der Waals surface area contributed by atoms with Crippen LogP contribution in [0.25, 0.3) is 11.1 Å². The summed E-state index contributed by atoms with van der Waals surface area (Å²) in [5.74, 6) is -0.549. The number of benzene rings is 2. The Morgan fingerprint density at radius 1 is 0.862 bits per heavy atom. The molecule has 1 aromatic heterocycles. The fourth-order valence-corrected chi connectivity index (χ4v) is 3.29. The predicted molar refractivity (Wildman–Crippen MR) is 93.3 cm³/mol. The van der Waals surface area contributed by atoms with Crippen molar-refractivity contribution in [1.82, 2.24) is 4.98 Å². The van der Waals surface area contributed by atoms with Gasteiger partial charge in [-0.15, -0.1) is 13.2 Å². The first kappa shape index (κ1) is 19.1. The second-order valence-corrected chi connectivity index (χ2v) is 6.33. The van der Waals surface area contributed by atoms with Gasteiger partial charge in [-0.3, -0.25) is 0 Å². The molecular formula is C20H12F6N2O. The van der Waals surface area contributed by atoms with Crippen LogP contribution < -0.4 is 10.1 Å². The molecule has 0 saturated carbocycles. The fraction of sp³-hybridized carbons (Fsp3) is 0.150. The van der Waals surface area contributed by atoms with E-state index in [1.165, 1.54) is 18.3 Å². The van der Waals surface area contributed by atoms with Crippen molar-refractivity contribution < 1.29 is 31.1 Å². The van der Waals surface area contributed by atoms with Crippen molar-refractivity contribution in [2.75, 3.05) is 5.32 Å². The van der Waals surface area contributed by atoms with Crippen LogP contribution in [0.2, 0.25) is 0 Å². The van der Waals surface area contributed by atoms with Crippen LogP contribution >= 0.6 is 0 Å². The van der Waals surface area contributed by atoms with E-state index < -0.39 is 29.9 Å². The van der Waals surface area contributed by atoms with Crippen LogP contribution in [0.4, 0.5) is 32.2 Å². The van der Waals surface area contributed by atoms with Gasteiger partial charge in [0.1, 0.15) is 11.6 Å². The number of rotatable bonds is 4. The number of halogens is 6. The molecule has 0 aliphatic heterocycles. The zero-order chi connectivity index (χ0) is 20.8. The van der Waals surface area contributed by atoms with E-state index in [2.05, 4.69) is 15.0 Å². The Morgan fingerprint density at radius 2 is 1.55 bits per heavy atom. The molecule has 2 aromatic carbocycles. The highest BCUT2D eigenvalue weighted by Crippen LogP contribution is 2.58. The maximum atomic E-state index is 13.7. The van der Waals surface area contributed by atoms with Gasteiger partial charge >= 0.3 is 12.5 Å². The van der Waals surface area contributed by atoms with Crippen LogP contribution in [0.3, 0.4) is 0 Å². The summed E-state index contributed by atoms with van der Waals surface area (Å²) in [6, 6.07) is 12.1. The molecule has 9 heteroatoms. The number of anilines is 1. The van der Waals surface area contributed by atoms with E-state index in [0.29, 0.717) is 11.9 Å². The zero-order valence-electron chi connectivity index (χ0n) is 14.5. The lowest BCUT2D eigenvalue weighted by atomic mass is 9.98. The highest BCUT2D eigenvalue weighted by atomic mass is 19.4. The van der Waals surface area contributed by atoms with Crippen LogP contribution in [-0.4, -0.2) is 11.3 Å². The average Bonchev–Trinajstić information content (AvgIpc) is 3.35. The van der Waals surface area contributed by atoms with Gasteiger partial charge in [-0.2, -0.15) is 13.2 Å². The van der Waals surface area contributed by atoms with Crippen molar-refractivity contribution in [3.8, 4) is 16.9 Å². The molecule has 0 amide bonds. The van der Waals surface area contributed by atoms with Gasteiger partial charge in [0.05, 0.1) is 11.6 Å². The number of aromatic nitrogens is 1. The molecule has 0 spiro atoms. The zero-order valence-corrected chi connectivity index (χ0v) is 14.5. The van der Waals surface area contributed by atoms with Gasteiger partial charge in [0.2, 0.25) is 0 Å². The van der Waals surface area contributed by atoms with Crippen LogP contribution in [0.5, 0.6) is 5.75 Å². The van der Waals surface area contributed by atoms with Crippen LogP contribution in [-0.2, 0) is 6.18 Å². The number of ether oxygens (including phenoxy) is 1. The van der Waals surface area contributed by atoms with Gasteiger partial charge < -0.3 is 10.1 Å². The first-order valence-electron chi connectivity index (χ1n) is 8.42.